The van der Waals surface area contributed by atoms with Crippen molar-refractivity contribution < 1.29 is 5.11 Å². The van der Waals surface area contributed by atoms with Crippen LogP contribution in [0.2, 0.25) is 0 Å². The zero-order chi connectivity index (χ0) is 24.1. The molecule has 0 aliphatic heterocycles. The van der Waals surface area contributed by atoms with Gasteiger partial charge in [0.25, 0.3) is 0 Å². The molecule has 0 aliphatic carbocycles. The summed E-state index contributed by atoms with van der Waals surface area (Å²) in [6.45, 7) is 10.3. The summed E-state index contributed by atoms with van der Waals surface area (Å²) in [6, 6.07) is 28.3. The van der Waals surface area contributed by atoms with Crippen LogP contribution in [0.3, 0.4) is 0 Å². The first kappa shape index (κ1) is 23.3. The Morgan fingerprint density at radius 3 is 2.12 bits per heavy atom. The van der Waals surface area contributed by atoms with Crippen LogP contribution in [0.1, 0.15) is 42.0 Å². The molecule has 2 nitrogen and oxygen atoms in total. The van der Waals surface area contributed by atoms with Crippen molar-refractivity contribution in [3.05, 3.63) is 120 Å². The minimum atomic E-state index is -0.0124. The molecule has 0 unspecified atom stereocenters. The third kappa shape index (κ3) is 5.02. The number of hydrogen-bond donors (Lipinski definition) is 0. The van der Waals surface area contributed by atoms with Gasteiger partial charge < -0.3 is 5.11 Å². The summed E-state index contributed by atoms with van der Waals surface area (Å²) in [6.07, 6.45) is 4.49. The average Bonchev–Trinajstić information content (AvgIpc) is 2.85. The summed E-state index contributed by atoms with van der Waals surface area (Å²) in [7, 11) is 0. The molecular formula is C32H30NO-. The van der Waals surface area contributed by atoms with Crippen LogP contribution in [0.4, 0.5) is 5.69 Å². The van der Waals surface area contributed by atoms with E-state index in [0.717, 1.165) is 34.4 Å². The van der Waals surface area contributed by atoms with Crippen LogP contribution in [0.25, 0.3) is 22.3 Å². The van der Waals surface area contributed by atoms with E-state index in [1.54, 1.807) is 6.21 Å². The van der Waals surface area contributed by atoms with Gasteiger partial charge in [-0.2, -0.15) is 0 Å². The molecule has 4 aromatic carbocycles. The molecule has 0 saturated carbocycles. The smallest absolute Gasteiger partial charge is 0.0693 e. The maximum Gasteiger partial charge on any atom is 0.0693 e. The van der Waals surface area contributed by atoms with Crippen molar-refractivity contribution in [2.75, 3.05) is 0 Å². The van der Waals surface area contributed by atoms with Gasteiger partial charge in [0.2, 0.25) is 0 Å². The standard InChI is InChI=1S/C32H31NO/c1-5-12-24-17-23(4)31(29(18-24)22(2)3)33-21-28-19-27(25-13-8-6-9-14-25)20-30(32(28)34)26-15-10-7-11-16-26/h5-11,13-22,34H,1,12H2,2-4H3/p-1. The largest absolute Gasteiger partial charge is 0.872 e. The Morgan fingerprint density at radius 2 is 1.50 bits per heavy atom. The molecule has 4 rings (SSSR count). The van der Waals surface area contributed by atoms with Crippen molar-refractivity contribution in [2.24, 2.45) is 4.99 Å². The molecule has 2 heteroatoms. The Hall–Kier alpha value is -3.91. The molecule has 0 fully saturated rings. The van der Waals surface area contributed by atoms with Crippen LogP contribution in [0.5, 0.6) is 5.75 Å². The molecule has 0 heterocycles. The van der Waals surface area contributed by atoms with Gasteiger partial charge in [0.05, 0.1) is 5.69 Å². The van der Waals surface area contributed by atoms with E-state index < -0.39 is 0 Å². The lowest BCUT2D eigenvalue weighted by Crippen LogP contribution is -2.01. The lowest BCUT2D eigenvalue weighted by Gasteiger charge is -2.20. The molecule has 0 N–H and O–H groups in total. The third-order valence-electron chi connectivity index (χ3n) is 6.03. The van der Waals surface area contributed by atoms with Gasteiger partial charge in [0.1, 0.15) is 0 Å². The van der Waals surface area contributed by atoms with E-state index in [1.165, 1.54) is 11.1 Å². The highest BCUT2D eigenvalue weighted by Crippen LogP contribution is 2.36. The summed E-state index contributed by atoms with van der Waals surface area (Å²) >= 11 is 0. The van der Waals surface area contributed by atoms with Gasteiger partial charge in [-0.3, -0.25) is 4.99 Å². The van der Waals surface area contributed by atoms with Gasteiger partial charge in [-0.05, 0) is 75.9 Å². The predicted molar refractivity (Wildman–Crippen MR) is 143 cm³/mol. The first-order chi connectivity index (χ1) is 16.5. The minimum absolute atomic E-state index is 0.0124. The van der Waals surface area contributed by atoms with Crippen LogP contribution < -0.4 is 5.11 Å². The molecular weight excluding hydrogens is 414 g/mol. The predicted octanol–water partition coefficient (Wildman–Crippen LogP) is 8.01. The lowest BCUT2D eigenvalue weighted by atomic mass is 9.94. The van der Waals surface area contributed by atoms with Gasteiger partial charge in [0, 0.05) is 6.21 Å². The van der Waals surface area contributed by atoms with Crippen molar-refractivity contribution in [1.82, 2.24) is 0 Å². The second kappa shape index (κ2) is 10.4. The van der Waals surface area contributed by atoms with E-state index in [2.05, 4.69) is 51.6 Å². The van der Waals surface area contributed by atoms with Crippen molar-refractivity contribution in [1.29, 1.82) is 0 Å². The second-order valence-corrected chi connectivity index (χ2v) is 8.93. The summed E-state index contributed by atoms with van der Waals surface area (Å²) in [5.41, 5.74) is 8.72. The summed E-state index contributed by atoms with van der Waals surface area (Å²) < 4.78 is 0. The number of aliphatic imine (C=N–C) groups is 1. The Labute approximate surface area is 203 Å². The summed E-state index contributed by atoms with van der Waals surface area (Å²) in [5, 5.41) is 13.5. The molecule has 0 radical (unpaired) electrons. The van der Waals surface area contributed by atoms with E-state index in [1.807, 2.05) is 66.7 Å². The molecule has 0 amide bonds. The fraction of sp³-hybridized carbons (Fsp3) is 0.156. The van der Waals surface area contributed by atoms with Crippen LogP contribution in [0.15, 0.2) is 103 Å². The fourth-order valence-electron chi connectivity index (χ4n) is 4.30. The molecule has 0 atom stereocenters. The van der Waals surface area contributed by atoms with E-state index in [9.17, 15) is 5.11 Å². The van der Waals surface area contributed by atoms with E-state index in [4.69, 9.17) is 4.99 Å². The van der Waals surface area contributed by atoms with Gasteiger partial charge in [-0.1, -0.05) is 98.5 Å². The SMILES string of the molecule is C=CCc1cc(C)c(N=Cc2cc(-c3ccccc3)cc(-c3ccccc3)c2[O-])c(C(C)C)c1. The van der Waals surface area contributed by atoms with Crippen molar-refractivity contribution in [2.45, 2.75) is 33.1 Å². The Balaban J connectivity index is 1.86. The van der Waals surface area contributed by atoms with E-state index in [-0.39, 0.29) is 5.75 Å². The maximum atomic E-state index is 13.5. The van der Waals surface area contributed by atoms with Crippen LogP contribution in [-0.4, -0.2) is 6.21 Å². The van der Waals surface area contributed by atoms with Gasteiger partial charge in [-0.25, -0.2) is 0 Å². The Kier molecular flexibility index (Phi) is 7.08. The average molecular weight is 445 g/mol. The third-order valence-corrected chi connectivity index (χ3v) is 6.03. The van der Waals surface area contributed by atoms with Crippen LogP contribution in [-0.2, 0) is 6.42 Å². The summed E-state index contributed by atoms with van der Waals surface area (Å²) in [5.74, 6) is 0.305. The quantitative estimate of drug-likeness (QED) is 0.210. The normalized spacial score (nSPS) is 11.3. The first-order valence-electron chi connectivity index (χ1n) is 11.7. The molecule has 34 heavy (non-hydrogen) atoms. The molecule has 0 aromatic heterocycles. The molecule has 0 spiro atoms. The van der Waals surface area contributed by atoms with Crippen LogP contribution in [0, 0.1) is 6.92 Å². The zero-order valence-corrected chi connectivity index (χ0v) is 20.1. The second-order valence-electron chi connectivity index (χ2n) is 8.93. The van der Waals surface area contributed by atoms with E-state index in [0.29, 0.717) is 17.0 Å². The molecule has 0 bridgehead atoms. The fourth-order valence-corrected chi connectivity index (χ4v) is 4.30. The molecule has 0 saturated heterocycles. The van der Waals surface area contributed by atoms with Gasteiger partial charge >= 0.3 is 0 Å². The van der Waals surface area contributed by atoms with Crippen LogP contribution >= 0.6 is 0 Å². The van der Waals surface area contributed by atoms with Crippen molar-refractivity contribution in [3.8, 4) is 28.0 Å². The minimum Gasteiger partial charge on any atom is -0.872 e. The molecule has 4 aromatic rings. The Bertz CT molecular complexity index is 1320. The zero-order valence-electron chi connectivity index (χ0n) is 20.1. The number of hydrogen-bond acceptors (Lipinski definition) is 2. The van der Waals surface area contributed by atoms with Crippen molar-refractivity contribution in [3.63, 3.8) is 0 Å². The number of nitrogens with zero attached hydrogens (tertiary/aromatic N) is 1. The van der Waals surface area contributed by atoms with E-state index >= 15 is 0 Å². The first-order valence-corrected chi connectivity index (χ1v) is 11.7. The maximum absolute atomic E-state index is 13.5. The number of aryl methyl sites for hydroxylation is 1. The highest BCUT2D eigenvalue weighted by Gasteiger charge is 2.12. The topological polar surface area (TPSA) is 35.4 Å². The Morgan fingerprint density at radius 1 is 0.853 bits per heavy atom. The molecule has 0 aliphatic rings. The monoisotopic (exact) mass is 444 g/mol. The lowest BCUT2D eigenvalue weighted by molar-refractivity contribution is -0.267. The van der Waals surface area contributed by atoms with Crippen molar-refractivity contribution >= 4 is 11.9 Å². The number of allylic oxidation sites excluding steroid dienone is 1. The number of benzene rings is 4. The highest BCUT2D eigenvalue weighted by atomic mass is 16.3. The molecule has 170 valence electrons. The number of rotatable bonds is 7. The van der Waals surface area contributed by atoms with Gasteiger partial charge in [-0.15, -0.1) is 6.58 Å². The van der Waals surface area contributed by atoms with Gasteiger partial charge in [0.15, 0.2) is 0 Å². The highest BCUT2D eigenvalue weighted by molar-refractivity contribution is 5.93. The summed E-state index contributed by atoms with van der Waals surface area (Å²) in [4.78, 5) is 4.88.